The fourth-order valence-corrected chi connectivity index (χ4v) is 3.78. The number of ether oxygens (including phenoxy) is 1. The van der Waals surface area contributed by atoms with Gasteiger partial charge in [-0.2, -0.15) is 0 Å². The van der Waals surface area contributed by atoms with Gasteiger partial charge in [0.1, 0.15) is 18.1 Å². The second-order valence-electron chi connectivity index (χ2n) is 8.17. The second-order valence-corrected chi connectivity index (χ2v) is 8.61. The molecule has 5 heteroatoms. The number of aryl methyl sites for hydroxylation is 1. The Morgan fingerprint density at radius 3 is 2.24 bits per heavy atom. The molecule has 33 heavy (non-hydrogen) atoms. The van der Waals surface area contributed by atoms with Crippen LogP contribution >= 0.6 is 11.6 Å². The molecule has 168 valence electrons. The Bertz CT molecular complexity index is 1190. The highest BCUT2D eigenvalue weighted by Gasteiger charge is 2.07. The van der Waals surface area contributed by atoms with Crippen LogP contribution in [-0.4, -0.2) is 35.2 Å². The van der Waals surface area contributed by atoms with Crippen molar-refractivity contribution in [1.29, 1.82) is 0 Å². The van der Waals surface area contributed by atoms with E-state index in [2.05, 4.69) is 36.0 Å². The Labute approximate surface area is 200 Å². The summed E-state index contributed by atoms with van der Waals surface area (Å²) in [5, 5.41) is 10.1. The molecule has 0 aliphatic heterocycles. The molecule has 0 fully saturated rings. The van der Waals surface area contributed by atoms with E-state index in [1.54, 1.807) is 12.1 Å². The largest absolute Gasteiger partial charge is 0.508 e. The van der Waals surface area contributed by atoms with Gasteiger partial charge in [-0.15, -0.1) is 0 Å². The fourth-order valence-electron chi connectivity index (χ4n) is 3.65. The standard InChI is InChI=1S/C28H27ClN2O2/c1-20-17-23(27-13-7-24(18-30-27)22-5-9-25(29)10-6-22)8-14-28(20)33-16-15-31(2)19-21-3-11-26(32)12-4-21/h3-14,17-18,32H,15-16,19H2,1-2H3. The molecule has 1 aromatic heterocycles. The van der Waals surface area contributed by atoms with Gasteiger partial charge in [0, 0.05) is 35.4 Å². The number of aromatic nitrogens is 1. The number of hydrogen-bond acceptors (Lipinski definition) is 4. The van der Waals surface area contributed by atoms with Crippen LogP contribution in [0.3, 0.4) is 0 Å². The summed E-state index contributed by atoms with van der Waals surface area (Å²) in [7, 11) is 2.06. The number of nitrogens with zero attached hydrogens (tertiary/aromatic N) is 2. The van der Waals surface area contributed by atoms with Gasteiger partial charge >= 0.3 is 0 Å². The lowest BCUT2D eigenvalue weighted by atomic mass is 10.0. The zero-order chi connectivity index (χ0) is 23.2. The van der Waals surface area contributed by atoms with E-state index in [9.17, 15) is 5.11 Å². The molecule has 0 aliphatic carbocycles. The predicted octanol–water partition coefficient (Wildman–Crippen LogP) is 6.59. The van der Waals surface area contributed by atoms with Gasteiger partial charge < -0.3 is 9.84 Å². The Kier molecular flexibility index (Phi) is 7.28. The molecule has 3 aromatic carbocycles. The van der Waals surface area contributed by atoms with Crippen LogP contribution in [0.4, 0.5) is 0 Å². The van der Waals surface area contributed by atoms with Crippen LogP contribution in [0.25, 0.3) is 22.4 Å². The molecular weight excluding hydrogens is 432 g/mol. The summed E-state index contributed by atoms with van der Waals surface area (Å²) in [6.07, 6.45) is 1.89. The smallest absolute Gasteiger partial charge is 0.122 e. The van der Waals surface area contributed by atoms with Gasteiger partial charge in [-0.3, -0.25) is 9.88 Å². The number of hydrogen-bond donors (Lipinski definition) is 1. The molecule has 4 aromatic rings. The number of halogens is 1. The van der Waals surface area contributed by atoms with E-state index in [4.69, 9.17) is 16.3 Å². The lowest BCUT2D eigenvalue weighted by Gasteiger charge is -2.18. The van der Waals surface area contributed by atoms with E-state index < -0.39 is 0 Å². The van der Waals surface area contributed by atoms with E-state index in [-0.39, 0.29) is 5.75 Å². The summed E-state index contributed by atoms with van der Waals surface area (Å²) in [5.41, 5.74) is 6.38. The third-order valence-corrected chi connectivity index (χ3v) is 5.78. The van der Waals surface area contributed by atoms with E-state index in [0.717, 1.165) is 57.4 Å². The maximum atomic E-state index is 9.40. The van der Waals surface area contributed by atoms with Crippen molar-refractivity contribution in [2.75, 3.05) is 20.2 Å². The minimum absolute atomic E-state index is 0.288. The molecular formula is C28H27ClN2O2. The number of pyridine rings is 1. The van der Waals surface area contributed by atoms with Crippen LogP contribution in [-0.2, 0) is 6.54 Å². The average Bonchev–Trinajstić information content (AvgIpc) is 2.82. The number of phenols is 1. The van der Waals surface area contributed by atoms with Crippen LogP contribution in [0.15, 0.2) is 85.1 Å². The average molecular weight is 459 g/mol. The van der Waals surface area contributed by atoms with Crippen LogP contribution in [0.1, 0.15) is 11.1 Å². The highest BCUT2D eigenvalue weighted by atomic mass is 35.5. The molecule has 0 saturated heterocycles. The lowest BCUT2D eigenvalue weighted by molar-refractivity contribution is 0.232. The first-order valence-corrected chi connectivity index (χ1v) is 11.3. The number of benzene rings is 3. The highest BCUT2D eigenvalue weighted by molar-refractivity contribution is 6.30. The maximum absolute atomic E-state index is 9.40. The third kappa shape index (κ3) is 6.13. The normalized spacial score (nSPS) is 11.0. The lowest BCUT2D eigenvalue weighted by Crippen LogP contribution is -2.24. The summed E-state index contributed by atoms with van der Waals surface area (Å²) in [6, 6.07) is 25.4. The van der Waals surface area contributed by atoms with Crippen molar-refractivity contribution >= 4 is 11.6 Å². The Morgan fingerprint density at radius 2 is 1.58 bits per heavy atom. The molecule has 4 nitrogen and oxygen atoms in total. The van der Waals surface area contributed by atoms with Crippen molar-refractivity contribution in [2.45, 2.75) is 13.5 Å². The Balaban J connectivity index is 1.33. The van der Waals surface area contributed by atoms with E-state index in [1.165, 1.54) is 0 Å². The van der Waals surface area contributed by atoms with E-state index in [1.807, 2.05) is 60.8 Å². The van der Waals surface area contributed by atoms with Crippen LogP contribution in [0.5, 0.6) is 11.5 Å². The third-order valence-electron chi connectivity index (χ3n) is 5.53. The molecule has 0 saturated carbocycles. The molecule has 1 heterocycles. The van der Waals surface area contributed by atoms with Gasteiger partial charge in [0.2, 0.25) is 0 Å². The number of likely N-dealkylation sites (N-methyl/N-ethyl adjacent to an activating group) is 1. The monoisotopic (exact) mass is 458 g/mol. The topological polar surface area (TPSA) is 45.6 Å². The van der Waals surface area contributed by atoms with Gasteiger partial charge in [0.05, 0.1) is 5.69 Å². The van der Waals surface area contributed by atoms with Gasteiger partial charge in [-0.1, -0.05) is 41.9 Å². The fraction of sp³-hybridized carbons (Fsp3) is 0.179. The number of aromatic hydroxyl groups is 1. The van der Waals surface area contributed by atoms with Crippen molar-refractivity contribution in [3.05, 3.63) is 101 Å². The molecule has 0 radical (unpaired) electrons. The summed E-state index contributed by atoms with van der Waals surface area (Å²) < 4.78 is 6.03. The maximum Gasteiger partial charge on any atom is 0.122 e. The van der Waals surface area contributed by atoms with Crippen LogP contribution in [0, 0.1) is 6.92 Å². The summed E-state index contributed by atoms with van der Waals surface area (Å²) in [6.45, 7) is 4.26. The molecule has 0 bridgehead atoms. The van der Waals surface area contributed by atoms with Crippen LogP contribution < -0.4 is 4.74 Å². The highest BCUT2D eigenvalue weighted by Crippen LogP contribution is 2.27. The molecule has 0 aliphatic rings. The van der Waals surface area contributed by atoms with Gasteiger partial charge in [-0.25, -0.2) is 0 Å². The van der Waals surface area contributed by atoms with E-state index >= 15 is 0 Å². The first-order chi connectivity index (χ1) is 16.0. The first kappa shape index (κ1) is 22.8. The summed E-state index contributed by atoms with van der Waals surface area (Å²) in [4.78, 5) is 6.85. The van der Waals surface area contributed by atoms with Crippen molar-refractivity contribution in [1.82, 2.24) is 9.88 Å². The van der Waals surface area contributed by atoms with Crippen molar-refractivity contribution in [3.8, 4) is 33.9 Å². The van der Waals surface area contributed by atoms with Crippen LogP contribution in [0.2, 0.25) is 5.02 Å². The zero-order valence-corrected chi connectivity index (χ0v) is 19.6. The zero-order valence-electron chi connectivity index (χ0n) is 18.8. The number of phenolic OH excluding ortho intramolecular Hbond substituents is 1. The summed E-state index contributed by atoms with van der Waals surface area (Å²) in [5.74, 6) is 1.17. The molecule has 0 atom stereocenters. The molecule has 0 unspecified atom stereocenters. The van der Waals surface area contributed by atoms with Crippen molar-refractivity contribution < 1.29 is 9.84 Å². The van der Waals surface area contributed by atoms with Gasteiger partial charge in [0.25, 0.3) is 0 Å². The Hall–Kier alpha value is -3.34. The Morgan fingerprint density at radius 1 is 0.879 bits per heavy atom. The molecule has 0 spiro atoms. The minimum Gasteiger partial charge on any atom is -0.508 e. The van der Waals surface area contributed by atoms with Gasteiger partial charge in [-0.05, 0) is 79.2 Å². The first-order valence-electron chi connectivity index (χ1n) is 10.9. The summed E-state index contributed by atoms with van der Waals surface area (Å²) >= 11 is 5.98. The quantitative estimate of drug-likeness (QED) is 0.323. The molecule has 0 amide bonds. The second kappa shape index (κ2) is 10.5. The SMILES string of the molecule is Cc1cc(-c2ccc(-c3ccc(Cl)cc3)cn2)ccc1OCCN(C)Cc1ccc(O)cc1. The van der Waals surface area contributed by atoms with Crippen molar-refractivity contribution in [3.63, 3.8) is 0 Å². The van der Waals surface area contributed by atoms with Gasteiger partial charge in [0.15, 0.2) is 0 Å². The minimum atomic E-state index is 0.288. The molecule has 4 rings (SSSR count). The van der Waals surface area contributed by atoms with Crippen molar-refractivity contribution in [2.24, 2.45) is 0 Å². The van der Waals surface area contributed by atoms with E-state index in [0.29, 0.717) is 6.61 Å². The predicted molar refractivity (Wildman–Crippen MR) is 135 cm³/mol. The molecule has 1 N–H and O–H groups in total. The number of rotatable bonds is 8.